The number of anilines is 2. The van der Waals surface area contributed by atoms with Crippen molar-refractivity contribution in [3.63, 3.8) is 0 Å². The minimum Gasteiger partial charge on any atom is -0.497 e. The fourth-order valence-corrected chi connectivity index (χ4v) is 3.65. The van der Waals surface area contributed by atoms with Crippen LogP contribution in [-0.4, -0.2) is 40.1 Å². The molecule has 4 aromatic rings. The average molecular weight is 378 g/mol. The van der Waals surface area contributed by atoms with E-state index in [0.29, 0.717) is 19.0 Å². The van der Waals surface area contributed by atoms with Crippen molar-refractivity contribution in [2.45, 2.75) is 0 Å². The molecule has 3 aromatic heterocycles. The van der Waals surface area contributed by atoms with Crippen LogP contribution in [0.4, 0.5) is 11.8 Å². The number of nitrogens with one attached hydrogen (secondary N) is 2. The summed E-state index contributed by atoms with van der Waals surface area (Å²) < 4.78 is 5.25. The highest BCUT2D eigenvalue weighted by Crippen LogP contribution is 2.36. The van der Waals surface area contributed by atoms with E-state index in [9.17, 15) is 0 Å². The van der Waals surface area contributed by atoms with Crippen molar-refractivity contribution in [2.24, 2.45) is 0 Å². The molecule has 7 nitrogen and oxygen atoms in total. The van der Waals surface area contributed by atoms with Gasteiger partial charge in [-0.3, -0.25) is 0 Å². The topological polar surface area (TPSA) is 84.9 Å². The first-order valence-corrected chi connectivity index (χ1v) is 9.34. The Morgan fingerprint density at radius 3 is 2.52 bits per heavy atom. The monoisotopic (exact) mass is 378 g/mol. The van der Waals surface area contributed by atoms with Crippen LogP contribution in [0.3, 0.4) is 0 Å². The Hall–Kier alpha value is -3.26. The van der Waals surface area contributed by atoms with Gasteiger partial charge in [0.1, 0.15) is 22.7 Å². The van der Waals surface area contributed by atoms with E-state index in [1.165, 1.54) is 0 Å². The number of hydrogen-bond acceptors (Lipinski definition) is 8. The summed E-state index contributed by atoms with van der Waals surface area (Å²) in [7, 11) is 1.67. The molecule has 0 aliphatic carbocycles. The molecule has 0 amide bonds. The van der Waals surface area contributed by atoms with Gasteiger partial charge in [0, 0.05) is 36.4 Å². The van der Waals surface area contributed by atoms with Crippen LogP contribution in [0, 0.1) is 0 Å². The summed E-state index contributed by atoms with van der Waals surface area (Å²) in [4.78, 5) is 18.1. The maximum absolute atomic E-state index is 5.25. The zero-order valence-corrected chi connectivity index (χ0v) is 15.5. The molecule has 3 heterocycles. The van der Waals surface area contributed by atoms with E-state index < -0.39 is 0 Å². The Morgan fingerprint density at radius 2 is 1.74 bits per heavy atom. The van der Waals surface area contributed by atoms with Gasteiger partial charge in [-0.1, -0.05) is 12.1 Å². The molecule has 2 N–H and O–H groups in total. The largest absolute Gasteiger partial charge is 0.497 e. The van der Waals surface area contributed by atoms with E-state index >= 15 is 0 Å². The van der Waals surface area contributed by atoms with Crippen LogP contribution in [-0.2, 0) is 0 Å². The van der Waals surface area contributed by atoms with Crippen LogP contribution in [0.2, 0.25) is 0 Å². The van der Waals surface area contributed by atoms with Crippen LogP contribution in [0.1, 0.15) is 0 Å². The highest BCUT2D eigenvalue weighted by atomic mass is 32.1. The van der Waals surface area contributed by atoms with Gasteiger partial charge in [0.2, 0.25) is 5.95 Å². The van der Waals surface area contributed by atoms with Crippen molar-refractivity contribution < 1.29 is 4.74 Å². The van der Waals surface area contributed by atoms with Crippen LogP contribution >= 0.6 is 11.3 Å². The molecule has 0 aliphatic rings. The molecule has 0 unspecified atom stereocenters. The van der Waals surface area contributed by atoms with Gasteiger partial charge in [-0.25, -0.2) is 19.9 Å². The minimum absolute atomic E-state index is 0.613. The van der Waals surface area contributed by atoms with Gasteiger partial charge in [0.05, 0.1) is 12.5 Å². The first kappa shape index (κ1) is 17.2. The summed E-state index contributed by atoms with van der Waals surface area (Å²) in [6.45, 7) is 1.36. The second kappa shape index (κ2) is 7.96. The highest BCUT2D eigenvalue weighted by Gasteiger charge is 2.13. The number of ether oxygens (including phenoxy) is 1. The van der Waals surface area contributed by atoms with Gasteiger partial charge >= 0.3 is 0 Å². The second-order valence-electron chi connectivity index (χ2n) is 5.71. The fraction of sp³-hybridized carbons (Fsp3) is 0.158. The molecule has 0 fully saturated rings. The first-order valence-electron chi connectivity index (χ1n) is 8.46. The summed E-state index contributed by atoms with van der Waals surface area (Å²) >= 11 is 1.61. The lowest BCUT2D eigenvalue weighted by atomic mass is 10.1. The number of fused-ring (bicyclic) bond motifs is 1. The molecule has 0 bridgehead atoms. The van der Waals surface area contributed by atoms with Crippen LogP contribution < -0.4 is 15.4 Å². The smallest absolute Gasteiger partial charge is 0.222 e. The third-order valence-electron chi connectivity index (χ3n) is 4.04. The molecule has 0 saturated heterocycles. The van der Waals surface area contributed by atoms with Crippen molar-refractivity contribution in [3.05, 3.63) is 54.4 Å². The van der Waals surface area contributed by atoms with Gasteiger partial charge in [0.15, 0.2) is 0 Å². The van der Waals surface area contributed by atoms with Gasteiger partial charge in [-0.05, 0) is 23.8 Å². The van der Waals surface area contributed by atoms with Crippen molar-refractivity contribution in [1.82, 2.24) is 19.9 Å². The van der Waals surface area contributed by atoms with Crippen LogP contribution in [0.25, 0.3) is 21.3 Å². The summed E-state index contributed by atoms with van der Waals surface area (Å²) in [6, 6.07) is 9.80. The highest BCUT2D eigenvalue weighted by molar-refractivity contribution is 7.17. The Labute approximate surface area is 160 Å². The number of thiophene rings is 1. The quantitative estimate of drug-likeness (QED) is 0.475. The zero-order chi connectivity index (χ0) is 18.5. The Morgan fingerprint density at radius 1 is 0.963 bits per heavy atom. The van der Waals surface area contributed by atoms with E-state index in [1.54, 1.807) is 43.2 Å². The summed E-state index contributed by atoms with van der Waals surface area (Å²) in [5.41, 5.74) is 2.22. The third-order valence-corrected chi connectivity index (χ3v) is 4.92. The minimum atomic E-state index is 0.613. The van der Waals surface area contributed by atoms with E-state index in [4.69, 9.17) is 4.74 Å². The molecule has 0 aliphatic heterocycles. The number of methoxy groups -OCH3 is 1. The van der Waals surface area contributed by atoms with Crippen molar-refractivity contribution in [2.75, 3.05) is 30.8 Å². The lowest BCUT2D eigenvalue weighted by Gasteiger charge is -2.09. The average Bonchev–Trinajstić information content (AvgIpc) is 3.17. The number of nitrogens with zero attached hydrogens (tertiary/aromatic N) is 4. The molecule has 1 aromatic carbocycles. The van der Waals surface area contributed by atoms with Crippen LogP contribution in [0.15, 0.2) is 54.4 Å². The van der Waals surface area contributed by atoms with Gasteiger partial charge in [-0.15, -0.1) is 11.3 Å². The Balaban J connectivity index is 1.53. The molecular weight excluding hydrogens is 360 g/mol. The molecular formula is C19H18N6OS. The molecule has 0 radical (unpaired) electrons. The SMILES string of the molecule is COc1ccc(-c2csc3ncnc(NCCNc4ncccn4)c23)cc1. The summed E-state index contributed by atoms with van der Waals surface area (Å²) in [5.74, 6) is 2.27. The Bertz CT molecular complexity index is 1020. The number of aromatic nitrogens is 4. The maximum Gasteiger partial charge on any atom is 0.222 e. The van der Waals surface area contributed by atoms with Crippen LogP contribution in [0.5, 0.6) is 5.75 Å². The van der Waals surface area contributed by atoms with Crippen molar-refractivity contribution in [1.29, 1.82) is 0 Å². The lowest BCUT2D eigenvalue weighted by Crippen LogP contribution is -2.15. The molecule has 0 spiro atoms. The van der Waals surface area contributed by atoms with Gasteiger partial charge in [-0.2, -0.15) is 0 Å². The maximum atomic E-state index is 5.25. The first-order chi connectivity index (χ1) is 13.3. The predicted octanol–water partition coefficient (Wildman–Crippen LogP) is 3.68. The fourth-order valence-electron chi connectivity index (χ4n) is 2.74. The molecule has 0 atom stereocenters. The number of benzene rings is 1. The second-order valence-corrected chi connectivity index (χ2v) is 6.56. The number of rotatable bonds is 7. The zero-order valence-electron chi connectivity index (χ0n) is 14.7. The number of hydrogen-bond donors (Lipinski definition) is 2. The van der Waals surface area contributed by atoms with E-state index in [1.807, 2.05) is 24.3 Å². The van der Waals surface area contributed by atoms with Crippen molar-refractivity contribution >= 4 is 33.3 Å². The third kappa shape index (κ3) is 3.80. The summed E-state index contributed by atoms with van der Waals surface area (Å²) in [6.07, 6.45) is 5.01. The standard InChI is InChI=1S/C19H18N6OS/c1-26-14-5-3-13(4-6-14)15-11-27-18-16(15)17(24-12-25-18)20-9-10-23-19-21-7-2-8-22-19/h2-8,11-12H,9-10H2,1H3,(H,20,24,25)(H,21,22,23). The lowest BCUT2D eigenvalue weighted by molar-refractivity contribution is 0.415. The molecule has 136 valence electrons. The molecule has 27 heavy (non-hydrogen) atoms. The predicted molar refractivity (Wildman–Crippen MR) is 108 cm³/mol. The molecule has 0 saturated carbocycles. The van der Waals surface area contributed by atoms with E-state index in [2.05, 4.69) is 35.9 Å². The van der Waals surface area contributed by atoms with Crippen molar-refractivity contribution in [3.8, 4) is 16.9 Å². The molecule has 4 rings (SSSR count). The van der Waals surface area contributed by atoms with Gasteiger partial charge < -0.3 is 15.4 Å². The van der Waals surface area contributed by atoms with E-state index in [0.717, 1.165) is 32.9 Å². The summed E-state index contributed by atoms with van der Waals surface area (Å²) in [5, 5.41) is 9.71. The van der Waals surface area contributed by atoms with Gasteiger partial charge in [0.25, 0.3) is 0 Å². The Kier molecular flexibility index (Phi) is 5.06. The normalized spacial score (nSPS) is 10.7. The molecule has 8 heteroatoms. The van der Waals surface area contributed by atoms with E-state index in [-0.39, 0.29) is 0 Å².